The van der Waals surface area contributed by atoms with Gasteiger partial charge < -0.3 is 0 Å². The van der Waals surface area contributed by atoms with Crippen molar-refractivity contribution in [1.29, 1.82) is 0 Å². The van der Waals surface area contributed by atoms with Crippen LogP contribution in [-0.2, 0) is 22.7 Å². The van der Waals surface area contributed by atoms with E-state index < -0.39 is 21.9 Å². The average Bonchev–Trinajstić information content (AvgIpc) is 3.33. The lowest BCUT2D eigenvalue weighted by Gasteiger charge is -2.10. The van der Waals surface area contributed by atoms with Crippen LogP contribution in [0.15, 0.2) is 23.1 Å². The van der Waals surface area contributed by atoms with Crippen molar-refractivity contribution < 1.29 is 21.6 Å². The van der Waals surface area contributed by atoms with Crippen molar-refractivity contribution in [2.24, 2.45) is 0 Å². The molecule has 0 atom stereocenters. The molecule has 1 N–H and O–H groups in total. The topological polar surface area (TPSA) is 64.0 Å². The second-order valence-electron chi connectivity index (χ2n) is 6.40. The van der Waals surface area contributed by atoms with Crippen molar-refractivity contribution in [2.75, 3.05) is 6.54 Å². The number of hydrogen-bond acceptors (Lipinski definition) is 3. The third-order valence-electron chi connectivity index (χ3n) is 4.20. The van der Waals surface area contributed by atoms with Gasteiger partial charge >= 0.3 is 6.18 Å². The number of halogens is 6. The van der Waals surface area contributed by atoms with Gasteiger partial charge in [0.2, 0.25) is 10.0 Å². The van der Waals surface area contributed by atoms with Crippen LogP contribution in [-0.4, -0.2) is 24.7 Å². The van der Waals surface area contributed by atoms with Gasteiger partial charge in [-0.1, -0.05) is 34.8 Å². The zero-order valence-corrected chi connectivity index (χ0v) is 17.3. The SMILES string of the molecule is O=S(=O)(NCCCn1nc(C(F)(F)F)cc1C1CC1)c1cc(Cl)c(Cl)cc1Cl. The van der Waals surface area contributed by atoms with Gasteiger partial charge in [0, 0.05) is 24.7 Å². The van der Waals surface area contributed by atoms with E-state index in [2.05, 4.69) is 9.82 Å². The quantitative estimate of drug-likeness (QED) is 0.446. The van der Waals surface area contributed by atoms with Gasteiger partial charge in [0.15, 0.2) is 5.69 Å². The fourth-order valence-electron chi connectivity index (χ4n) is 2.68. The van der Waals surface area contributed by atoms with Crippen LogP contribution in [0.4, 0.5) is 13.2 Å². The number of alkyl halides is 3. The smallest absolute Gasteiger partial charge is 0.269 e. The first kappa shape index (κ1) is 21.7. The van der Waals surface area contributed by atoms with Crippen molar-refractivity contribution >= 4 is 44.8 Å². The lowest BCUT2D eigenvalue weighted by molar-refractivity contribution is -0.141. The maximum atomic E-state index is 12.9. The number of benzene rings is 1. The molecule has 5 nitrogen and oxygen atoms in total. The van der Waals surface area contributed by atoms with Crippen molar-refractivity contribution in [3.63, 3.8) is 0 Å². The van der Waals surface area contributed by atoms with E-state index in [1.165, 1.54) is 10.7 Å². The van der Waals surface area contributed by atoms with E-state index in [9.17, 15) is 21.6 Å². The normalized spacial score (nSPS) is 15.2. The van der Waals surface area contributed by atoms with E-state index in [1.807, 2.05) is 0 Å². The molecule has 0 aliphatic heterocycles. The highest BCUT2D eigenvalue weighted by atomic mass is 35.5. The fourth-order valence-corrected chi connectivity index (χ4v) is 4.75. The third kappa shape index (κ3) is 4.94. The maximum Gasteiger partial charge on any atom is 0.435 e. The molecule has 0 amide bonds. The van der Waals surface area contributed by atoms with Crippen LogP contribution in [0.1, 0.15) is 36.6 Å². The number of aryl methyl sites for hydroxylation is 1. The molecule has 12 heteroatoms. The van der Waals surface area contributed by atoms with Crippen LogP contribution in [0.5, 0.6) is 0 Å². The molecule has 1 saturated carbocycles. The summed E-state index contributed by atoms with van der Waals surface area (Å²) in [5.41, 5.74) is -0.403. The number of hydrogen-bond donors (Lipinski definition) is 1. The van der Waals surface area contributed by atoms with E-state index >= 15 is 0 Å². The van der Waals surface area contributed by atoms with E-state index in [1.54, 1.807) is 0 Å². The summed E-state index contributed by atoms with van der Waals surface area (Å²) in [6, 6.07) is 3.44. The van der Waals surface area contributed by atoms with Crippen molar-refractivity contribution in [2.45, 2.75) is 42.8 Å². The standard InChI is InChI=1S/C16H15Cl3F3N3O2S/c17-10-6-12(19)14(7-11(10)18)28(26,27)23-4-1-5-25-13(9-2-3-9)8-15(24-25)16(20,21)22/h6-9,23H,1-5H2. The molecule has 1 aromatic carbocycles. The van der Waals surface area contributed by atoms with E-state index in [0.717, 1.165) is 25.0 Å². The minimum atomic E-state index is -4.51. The molecule has 2 aromatic rings. The number of aromatic nitrogens is 2. The van der Waals surface area contributed by atoms with Gasteiger partial charge in [0.1, 0.15) is 4.90 Å². The molecule has 28 heavy (non-hydrogen) atoms. The molecule has 0 radical (unpaired) electrons. The molecule has 0 unspecified atom stereocenters. The minimum absolute atomic E-state index is 0.00970. The van der Waals surface area contributed by atoms with Gasteiger partial charge in [-0.3, -0.25) is 4.68 Å². The highest BCUT2D eigenvalue weighted by molar-refractivity contribution is 7.89. The summed E-state index contributed by atoms with van der Waals surface area (Å²) in [5.74, 6) is 0.0790. The summed E-state index contributed by atoms with van der Waals surface area (Å²) < 4.78 is 67.1. The molecule has 154 valence electrons. The van der Waals surface area contributed by atoms with Gasteiger partial charge in [-0.25, -0.2) is 13.1 Å². The Hall–Kier alpha value is -1.000. The Morgan fingerprint density at radius 3 is 2.36 bits per heavy atom. The van der Waals surface area contributed by atoms with Gasteiger partial charge in [-0.05, 0) is 37.5 Å². The number of nitrogens with one attached hydrogen (secondary N) is 1. The Balaban J connectivity index is 1.65. The minimum Gasteiger partial charge on any atom is -0.269 e. The van der Waals surface area contributed by atoms with E-state index in [4.69, 9.17) is 34.8 Å². The van der Waals surface area contributed by atoms with Gasteiger partial charge in [-0.2, -0.15) is 18.3 Å². The first-order chi connectivity index (χ1) is 13.0. The van der Waals surface area contributed by atoms with Crippen LogP contribution in [0, 0.1) is 0 Å². The summed E-state index contributed by atoms with van der Waals surface area (Å²) in [6.07, 6.45) is -2.62. The van der Waals surface area contributed by atoms with Crippen LogP contribution in [0.25, 0.3) is 0 Å². The highest BCUT2D eigenvalue weighted by Gasteiger charge is 2.37. The van der Waals surface area contributed by atoms with E-state index in [0.29, 0.717) is 5.69 Å². The molecule has 1 aromatic heterocycles. The molecule has 1 aliphatic carbocycles. The third-order valence-corrected chi connectivity index (χ3v) is 6.85. The summed E-state index contributed by atoms with van der Waals surface area (Å²) in [6.45, 7) is 0.143. The number of sulfonamides is 1. The van der Waals surface area contributed by atoms with Gasteiger partial charge in [0.05, 0.1) is 15.1 Å². The van der Waals surface area contributed by atoms with Gasteiger partial charge in [0.25, 0.3) is 0 Å². The molecule has 0 spiro atoms. The van der Waals surface area contributed by atoms with Crippen molar-refractivity contribution in [3.8, 4) is 0 Å². The Labute approximate surface area is 174 Å². The summed E-state index contributed by atoms with van der Waals surface area (Å²) in [7, 11) is -3.95. The second-order valence-corrected chi connectivity index (χ2v) is 9.35. The predicted octanol–water partition coefficient (Wildman–Crippen LogP) is 5.11. The summed E-state index contributed by atoms with van der Waals surface area (Å²) >= 11 is 17.5. The summed E-state index contributed by atoms with van der Waals surface area (Å²) in [5, 5.41) is 3.71. The Bertz CT molecular complexity index is 989. The first-order valence-corrected chi connectivity index (χ1v) is 10.9. The highest BCUT2D eigenvalue weighted by Crippen LogP contribution is 2.42. The van der Waals surface area contributed by atoms with Crippen molar-refractivity contribution in [3.05, 3.63) is 44.7 Å². The molecular formula is C16H15Cl3F3N3O2S. The Kier molecular flexibility index (Phi) is 6.22. The second kappa shape index (κ2) is 8.02. The Morgan fingerprint density at radius 1 is 1.11 bits per heavy atom. The molecular weight excluding hydrogens is 462 g/mol. The van der Waals surface area contributed by atoms with Gasteiger partial charge in [-0.15, -0.1) is 0 Å². The lowest BCUT2D eigenvalue weighted by Crippen LogP contribution is -2.26. The first-order valence-electron chi connectivity index (χ1n) is 8.28. The number of rotatable bonds is 7. The van der Waals surface area contributed by atoms with Crippen LogP contribution in [0.2, 0.25) is 15.1 Å². The molecule has 1 fully saturated rings. The predicted molar refractivity (Wildman–Crippen MR) is 100 cm³/mol. The molecule has 0 bridgehead atoms. The maximum absolute atomic E-state index is 12.9. The average molecular weight is 477 g/mol. The molecule has 1 aliphatic rings. The van der Waals surface area contributed by atoms with Crippen LogP contribution >= 0.6 is 34.8 Å². The molecule has 1 heterocycles. The Morgan fingerprint density at radius 2 is 1.75 bits per heavy atom. The largest absolute Gasteiger partial charge is 0.435 e. The van der Waals surface area contributed by atoms with E-state index in [-0.39, 0.29) is 45.4 Å². The fraction of sp³-hybridized carbons (Fsp3) is 0.438. The number of nitrogens with zero attached hydrogens (tertiary/aromatic N) is 2. The zero-order valence-electron chi connectivity index (χ0n) is 14.2. The van der Waals surface area contributed by atoms with Crippen molar-refractivity contribution in [1.82, 2.24) is 14.5 Å². The molecule has 3 rings (SSSR count). The lowest BCUT2D eigenvalue weighted by atomic mass is 10.2. The van der Waals surface area contributed by atoms with Crippen LogP contribution < -0.4 is 4.72 Å². The zero-order chi connectivity index (χ0) is 20.7. The van der Waals surface area contributed by atoms with Crippen LogP contribution in [0.3, 0.4) is 0 Å². The molecule has 0 saturated heterocycles. The summed E-state index contributed by atoms with van der Waals surface area (Å²) in [4.78, 5) is -0.222. The monoisotopic (exact) mass is 475 g/mol.